The van der Waals surface area contributed by atoms with E-state index in [9.17, 15) is 4.79 Å². The number of aromatic nitrogens is 3. The third-order valence-electron chi connectivity index (χ3n) is 4.89. The summed E-state index contributed by atoms with van der Waals surface area (Å²) >= 11 is 1.40. The lowest BCUT2D eigenvalue weighted by atomic mass is 10.2. The van der Waals surface area contributed by atoms with Crippen LogP contribution in [0.25, 0.3) is 10.6 Å². The van der Waals surface area contributed by atoms with Crippen molar-refractivity contribution in [1.29, 1.82) is 0 Å². The Morgan fingerprint density at radius 2 is 1.90 bits per heavy atom. The first kappa shape index (κ1) is 20.3. The Morgan fingerprint density at radius 3 is 2.67 bits per heavy atom. The molecule has 2 aromatic heterocycles. The van der Waals surface area contributed by atoms with Crippen molar-refractivity contribution < 1.29 is 9.53 Å². The Bertz CT molecular complexity index is 1020. The van der Waals surface area contributed by atoms with E-state index >= 15 is 0 Å². The number of nitrogens with one attached hydrogen (secondary N) is 1. The number of anilines is 1. The molecule has 0 unspecified atom stereocenters. The van der Waals surface area contributed by atoms with Crippen LogP contribution in [0.3, 0.4) is 0 Å². The number of aryl methyl sites for hydroxylation is 2. The fraction of sp³-hybridized carbons (Fsp3) is 0.364. The van der Waals surface area contributed by atoms with Crippen LogP contribution in [0, 0.1) is 13.8 Å². The molecule has 1 aromatic carbocycles. The molecule has 4 rings (SSSR count). The molecule has 7 nitrogen and oxygen atoms in total. The first-order valence-corrected chi connectivity index (χ1v) is 11.0. The van der Waals surface area contributed by atoms with Crippen molar-refractivity contribution in [3.05, 3.63) is 52.8 Å². The van der Waals surface area contributed by atoms with Crippen molar-refractivity contribution in [2.24, 2.45) is 0 Å². The molecule has 0 spiro atoms. The molecular formula is C22H25N5O2S. The van der Waals surface area contributed by atoms with Gasteiger partial charge in [-0.15, -0.1) is 11.3 Å². The molecule has 1 saturated heterocycles. The Morgan fingerprint density at radius 1 is 1.13 bits per heavy atom. The molecule has 3 heterocycles. The van der Waals surface area contributed by atoms with Crippen LogP contribution in [0.2, 0.25) is 0 Å². The predicted molar refractivity (Wildman–Crippen MR) is 118 cm³/mol. The van der Waals surface area contributed by atoms with Crippen LogP contribution in [-0.4, -0.2) is 47.1 Å². The number of carbonyl (C=O) groups excluding carboxylic acids is 1. The summed E-state index contributed by atoms with van der Waals surface area (Å²) in [6.07, 6.45) is 2.38. The summed E-state index contributed by atoms with van der Waals surface area (Å²) in [6.45, 7) is 6.49. The van der Waals surface area contributed by atoms with E-state index in [0.717, 1.165) is 35.2 Å². The lowest BCUT2D eigenvalue weighted by molar-refractivity contribution is 0.0950. The minimum absolute atomic E-state index is 0.132. The van der Waals surface area contributed by atoms with Gasteiger partial charge in [0.2, 0.25) is 5.88 Å². The van der Waals surface area contributed by atoms with Gasteiger partial charge >= 0.3 is 0 Å². The summed E-state index contributed by atoms with van der Waals surface area (Å²) in [5.74, 6) is 2.01. The minimum Gasteiger partial charge on any atom is -0.476 e. The molecule has 0 saturated carbocycles. The lowest BCUT2D eigenvalue weighted by Crippen LogP contribution is -2.28. The van der Waals surface area contributed by atoms with Gasteiger partial charge in [-0.1, -0.05) is 30.3 Å². The van der Waals surface area contributed by atoms with Crippen molar-refractivity contribution in [2.75, 3.05) is 31.1 Å². The Hall–Kier alpha value is -3.00. The second kappa shape index (κ2) is 9.21. The van der Waals surface area contributed by atoms with Gasteiger partial charge in [-0.25, -0.2) is 9.97 Å². The van der Waals surface area contributed by atoms with E-state index in [1.807, 2.05) is 50.2 Å². The maximum atomic E-state index is 12.6. The zero-order valence-electron chi connectivity index (χ0n) is 17.2. The van der Waals surface area contributed by atoms with Crippen molar-refractivity contribution in [2.45, 2.75) is 26.7 Å². The van der Waals surface area contributed by atoms with Gasteiger partial charge < -0.3 is 15.0 Å². The van der Waals surface area contributed by atoms with Gasteiger partial charge in [0.05, 0.1) is 12.2 Å². The number of hydrogen-bond acceptors (Lipinski definition) is 7. The molecule has 30 heavy (non-hydrogen) atoms. The number of hydrogen-bond donors (Lipinski definition) is 1. The first-order chi connectivity index (χ1) is 14.6. The van der Waals surface area contributed by atoms with Crippen molar-refractivity contribution in [3.8, 4) is 16.5 Å². The maximum Gasteiger partial charge on any atom is 0.263 e. The average Bonchev–Trinajstić information content (AvgIpc) is 3.41. The highest BCUT2D eigenvalue weighted by Gasteiger charge is 2.17. The molecule has 1 fully saturated rings. The number of amides is 1. The summed E-state index contributed by atoms with van der Waals surface area (Å²) in [5.41, 5.74) is 1.75. The Kier molecular flexibility index (Phi) is 6.23. The van der Waals surface area contributed by atoms with Gasteiger partial charge in [0, 0.05) is 24.7 Å². The number of benzene rings is 1. The smallest absolute Gasteiger partial charge is 0.263 e. The van der Waals surface area contributed by atoms with E-state index in [0.29, 0.717) is 29.7 Å². The maximum absolute atomic E-state index is 12.6. The SMILES string of the molecule is Cc1nc(OCCNC(=O)c2sc(-c3ccccc3)nc2C)cc(N2CCCC2)n1. The van der Waals surface area contributed by atoms with E-state index < -0.39 is 0 Å². The van der Waals surface area contributed by atoms with E-state index in [-0.39, 0.29) is 5.91 Å². The molecule has 1 aliphatic rings. The second-order valence-electron chi connectivity index (χ2n) is 7.21. The molecule has 3 aromatic rings. The normalized spacial score (nSPS) is 13.5. The quantitative estimate of drug-likeness (QED) is 0.585. The number of nitrogens with zero attached hydrogens (tertiary/aromatic N) is 4. The van der Waals surface area contributed by atoms with E-state index in [4.69, 9.17) is 4.74 Å². The number of rotatable bonds is 7. The minimum atomic E-state index is -0.132. The fourth-order valence-electron chi connectivity index (χ4n) is 3.42. The summed E-state index contributed by atoms with van der Waals surface area (Å²) in [4.78, 5) is 28.9. The van der Waals surface area contributed by atoms with Crippen LogP contribution in [0.1, 0.15) is 34.0 Å². The monoisotopic (exact) mass is 423 g/mol. The van der Waals surface area contributed by atoms with Gasteiger partial charge in [-0.2, -0.15) is 4.98 Å². The molecule has 1 amide bonds. The third kappa shape index (κ3) is 4.76. The van der Waals surface area contributed by atoms with E-state index in [1.54, 1.807) is 0 Å². The van der Waals surface area contributed by atoms with Gasteiger partial charge in [-0.3, -0.25) is 4.79 Å². The van der Waals surface area contributed by atoms with Crippen LogP contribution in [-0.2, 0) is 0 Å². The molecule has 156 valence electrons. The van der Waals surface area contributed by atoms with Crippen molar-refractivity contribution in [3.63, 3.8) is 0 Å². The topological polar surface area (TPSA) is 80.2 Å². The van der Waals surface area contributed by atoms with E-state index in [1.165, 1.54) is 24.2 Å². The largest absolute Gasteiger partial charge is 0.476 e. The summed E-state index contributed by atoms with van der Waals surface area (Å²) < 4.78 is 5.77. The Balaban J connectivity index is 1.32. The number of carbonyl (C=O) groups is 1. The van der Waals surface area contributed by atoms with Crippen LogP contribution < -0.4 is 15.0 Å². The zero-order valence-corrected chi connectivity index (χ0v) is 18.0. The van der Waals surface area contributed by atoms with Gasteiger partial charge in [0.15, 0.2) is 0 Å². The third-order valence-corrected chi connectivity index (χ3v) is 6.10. The zero-order chi connectivity index (χ0) is 20.9. The molecule has 0 atom stereocenters. The summed E-state index contributed by atoms with van der Waals surface area (Å²) in [6, 6.07) is 11.8. The van der Waals surface area contributed by atoms with Crippen LogP contribution in [0.4, 0.5) is 5.82 Å². The first-order valence-electron chi connectivity index (χ1n) is 10.1. The molecule has 0 radical (unpaired) electrons. The highest BCUT2D eigenvalue weighted by molar-refractivity contribution is 7.17. The average molecular weight is 424 g/mol. The van der Waals surface area contributed by atoms with Gasteiger partial charge in [0.1, 0.15) is 28.1 Å². The van der Waals surface area contributed by atoms with Crippen LogP contribution in [0.15, 0.2) is 36.4 Å². The van der Waals surface area contributed by atoms with Gasteiger partial charge in [0.25, 0.3) is 5.91 Å². The highest BCUT2D eigenvalue weighted by Crippen LogP contribution is 2.27. The predicted octanol–water partition coefficient (Wildman–Crippen LogP) is 3.63. The fourth-order valence-corrected chi connectivity index (χ4v) is 4.41. The number of ether oxygens (including phenoxy) is 1. The second-order valence-corrected chi connectivity index (χ2v) is 8.21. The molecule has 1 aliphatic heterocycles. The lowest BCUT2D eigenvalue weighted by Gasteiger charge is -2.17. The Labute approximate surface area is 180 Å². The molecule has 1 N–H and O–H groups in total. The van der Waals surface area contributed by atoms with Crippen LogP contribution in [0.5, 0.6) is 5.88 Å². The van der Waals surface area contributed by atoms with E-state index in [2.05, 4.69) is 25.2 Å². The summed E-state index contributed by atoms with van der Waals surface area (Å²) in [5, 5.41) is 3.76. The summed E-state index contributed by atoms with van der Waals surface area (Å²) in [7, 11) is 0. The van der Waals surface area contributed by atoms with Crippen LogP contribution >= 0.6 is 11.3 Å². The van der Waals surface area contributed by atoms with Gasteiger partial charge in [-0.05, 0) is 26.7 Å². The molecule has 0 bridgehead atoms. The molecule has 8 heteroatoms. The van der Waals surface area contributed by atoms with Crippen molar-refractivity contribution in [1.82, 2.24) is 20.3 Å². The number of thiazole rings is 1. The molecule has 0 aliphatic carbocycles. The highest BCUT2D eigenvalue weighted by atomic mass is 32.1. The standard InChI is InChI=1S/C22H25N5O2S/c1-15-20(30-22(24-15)17-8-4-3-5-9-17)21(28)23-10-13-29-19-14-18(25-16(2)26-19)27-11-6-7-12-27/h3-5,8-9,14H,6-7,10-13H2,1-2H3,(H,23,28). The van der Waals surface area contributed by atoms with Crippen molar-refractivity contribution >= 4 is 23.1 Å². The molecular weight excluding hydrogens is 398 g/mol.